The quantitative estimate of drug-likeness (QED) is 0.879. The minimum Gasteiger partial charge on any atom is -0.478 e. The molecule has 0 unspecified atom stereocenters. The van der Waals surface area contributed by atoms with E-state index in [4.69, 9.17) is 16.7 Å². The van der Waals surface area contributed by atoms with E-state index in [1.807, 2.05) is 0 Å². The first-order valence-corrected chi connectivity index (χ1v) is 5.26. The van der Waals surface area contributed by atoms with Crippen molar-refractivity contribution >= 4 is 17.6 Å². The summed E-state index contributed by atoms with van der Waals surface area (Å²) in [5.74, 6) is -1.65. The molecule has 2 aromatic carbocycles. The van der Waals surface area contributed by atoms with Gasteiger partial charge in [-0.05, 0) is 12.1 Å². The van der Waals surface area contributed by atoms with Crippen molar-refractivity contribution in [3.05, 3.63) is 58.9 Å². The topological polar surface area (TPSA) is 37.3 Å². The van der Waals surface area contributed by atoms with Crippen LogP contribution in [0.3, 0.4) is 0 Å². The molecule has 0 saturated carbocycles. The van der Waals surface area contributed by atoms with E-state index in [2.05, 4.69) is 0 Å². The standard InChI is InChI=1S/C13H8ClFO2/c14-10-6-3-5-9(12(10)13(16)17)8-4-1-2-7-11(8)15/h1-7H,(H,16,17). The van der Waals surface area contributed by atoms with Gasteiger partial charge in [0.15, 0.2) is 0 Å². The number of hydrogen-bond acceptors (Lipinski definition) is 1. The second kappa shape index (κ2) is 4.55. The lowest BCUT2D eigenvalue weighted by Gasteiger charge is -2.08. The lowest BCUT2D eigenvalue weighted by molar-refractivity contribution is 0.0698. The van der Waals surface area contributed by atoms with E-state index in [-0.39, 0.29) is 21.7 Å². The van der Waals surface area contributed by atoms with Crippen molar-refractivity contribution in [1.29, 1.82) is 0 Å². The van der Waals surface area contributed by atoms with Gasteiger partial charge in [0.2, 0.25) is 0 Å². The van der Waals surface area contributed by atoms with Gasteiger partial charge in [-0.25, -0.2) is 9.18 Å². The Morgan fingerprint density at radius 3 is 2.35 bits per heavy atom. The molecule has 0 aromatic heterocycles. The van der Waals surface area contributed by atoms with Crippen LogP contribution in [0.15, 0.2) is 42.5 Å². The first-order chi connectivity index (χ1) is 8.11. The Kier molecular flexibility index (Phi) is 3.11. The number of carboxylic acid groups (broad SMARTS) is 1. The number of rotatable bonds is 2. The molecule has 2 rings (SSSR count). The second-order valence-electron chi connectivity index (χ2n) is 3.45. The van der Waals surface area contributed by atoms with E-state index in [9.17, 15) is 9.18 Å². The summed E-state index contributed by atoms with van der Waals surface area (Å²) in [4.78, 5) is 11.1. The zero-order valence-electron chi connectivity index (χ0n) is 8.65. The monoisotopic (exact) mass is 250 g/mol. The van der Waals surface area contributed by atoms with E-state index < -0.39 is 11.8 Å². The largest absolute Gasteiger partial charge is 0.478 e. The highest BCUT2D eigenvalue weighted by Gasteiger charge is 2.17. The zero-order chi connectivity index (χ0) is 12.4. The van der Waals surface area contributed by atoms with E-state index in [0.717, 1.165) is 0 Å². The first kappa shape index (κ1) is 11.6. The van der Waals surface area contributed by atoms with Crippen LogP contribution in [0.25, 0.3) is 11.1 Å². The molecule has 0 aliphatic rings. The van der Waals surface area contributed by atoms with E-state index >= 15 is 0 Å². The molecule has 86 valence electrons. The minimum atomic E-state index is -1.17. The lowest BCUT2D eigenvalue weighted by Crippen LogP contribution is -2.01. The molecule has 0 spiro atoms. The molecule has 0 atom stereocenters. The highest BCUT2D eigenvalue weighted by Crippen LogP contribution is 2.30. The molecule has 0 heterocycles. The van der Waals surface area contributed by atoms with Gasteiger partial charge in [0.05, 0.1) is 10.6 Å². The van der Waals surface area contributed by atoms with Crippen LogP contribution < -0.4 is 0 Å². The van der Waals surface area contributed by atoms with Crippen LogP contribution in [-0.2, 0) is 0 Å². The van der Waals surface area contributed by atoms with Crippen molar-refractivity contribution in [2.45, 2.75) is 0 Å². The summed E-state index contributed by atoms with van der Waals surface area (Å²) in [6, 6.07) is 10.6. The van der Waals surface area contributed by atoms with Crippen LogP contribution >= 0.6 is 11.6 Å². The molecule has 2 aromatic rings. The Morgan fingerprint density at radius 1 is 1.06 bits per heavy atom. The van der Waals surface area contributed by atoms with Crippen LogP contribution in [-0.4, -0.2) is 11.1 Å². The number of carbonyl (C=O) groups is 1. The molecule has 17 heavy (non-hydrogen) atoms. The first-order valence-electron chi connectivity index (χ1n) is 4.88. The second-order valence-corrected chi connectivity index (χ2v) is 3.85. The molecule has 1 N–H and O–H groups in total. The fourth-order valence-corrected chi connectivity index (χ4v) is 1.90. The number of carboxylic acids is 1. The Balaban J connectivity index is 2.72. The Bertz CT molecular complexity index is 581. The third-order valence-corrected chi connectivity index (χ3v) is 2.71. The van der Waals surface area contributed by atoms with Gasteiger partial charge in [0.25, 0.3) is 0 Å². The van der Waals surface area contributed by atoms with E-state index in [0.29, 0.717) is 0 Å². The lowest BCUT2D eigenvalue weighted by atomic mass is 9.99. The van der Waals surface area contributed by atoms with Gasteiger partial charge in [-0.3, -0.25) is 0 Å². The average Bonchev–Trinajstić information content (AvgIpc) is 2.28. The maximum atomic E-state index is 13.6. The van der Waals surface area contributed by atoms with Crippen molar-refractivity contribution in [2.75, 3.05) is 0 Å². The predicted molar refractivity (Wildman–Crippen MR) is 63.8 cm³/mol. The van der Waals surface area contributed by atoms with E-state index in [1.165, 1.54) is 24.3 Å². The molecule has 0 radical (unpaired) electrons. The summed E-state index contributed by atoms with van der Waals surface area (Å²) < 4.78 is 13.6. The van der Waals surface area contributed by atoms with Gasteiger partial charge in [0, 0.05) is 11.1 Å². The Hall–Kier alpha value is -1.87. The van der Waals surface area contributed by atoms with Crippen molar-refractivity contribution < 1.29 is 14.3 Å². The molecular formula is C13H8ClFO2. The maximum Gasteiger partial charge on any atom is 0.337 e. The van der Waals surface area contributed by atoms with Crippen LogP contribution in [0.5, 0.6) is 0 Å². The molecule has 4 heteroatoms. The molecule has 0 bridgehead atoms. The summed E-state index contributed by atoms with van der Waals surface area (Å²) in [7, 11) is 0. The molecule has 0 aliphatic carbocycles. The summed E-state index contributed by atoms with van der Waals surface area (Å²) in [5.41, 5.74) is 0.426. The summed E-state index contributed by atoms with van der Waals surface area (Å²) >= 11 is 5.82. The summed E-state index contributed by atoms with van der Waals surface area (Å²) in [6.45, 7) is 0. The fraction of sp³-hybridized carbons (Fsp3) is 0. The average molecular weight is 251 g/mol. The van der Waals surface area contributed by atoms with Gasteiger partial charge in [-0.2, -0.15) is 0 Å². The smallest absolute Gasteiger partial charge is 0.337 e. The SMILES string of the molecule is O=C(O)c1c(Cl)cccc1-c1ccccc1F. The van der Waals surface area contributed by atoms with Crippen molar-refractivity contribution in [3.63, 3.8) is 0 Å². The zero-order valence-corrected chi connectivity index (χ0v) is 9.41. The van der Waals surface area contributed by atoms with Gasteiger partial charge < -0.3 is 5.11 Å². The molecular weight excluding hydrogens is 243 g/mol. The number of benzene rings is 2. The van der Waals surface area contributed by atoms with Gasteiger partial charge in [-0.1, -0.05) is 41.9 Å². The Morgan fingerprint density at radius 2 is 1.71 bits per heavy atom. The van der Waals surface area contributed by atoms with Crippen LogP contribution in [0, 0.1) is 5.82 Å². The van der Waals surface area contributed by atoms with Gasteiger partial charge in [-0.15, -0.1) is 0 Å². The molecule has 0 amide bonds. The van der Waals surface area contributed by atoms with Crippen LogP contribution in [0.2, 0.25) is 5.02 Å². The third-order valence-electron chi connectivity index (χ3n) is 2.39. The normalized spacial score (nSPS) is 10.2. The summed E-state index contributed by atoms with van der Waals surface area (Å²) in [6.07, 6.45) is 0. The molecule has 0 aliphatic heterocycles. The molecule has 0 fully saturated rings. The van der Waals surface area contributed by atoms with Gasteiger partial charge >= 0.3 is 5.97 Å². The number of aromatic carboxylic acids is 1. The minimum absolute atomic E-state index is 0.0840. The highest BCUT2D eigenvalue weighted by molar-refractivity contribution is 6.34. The Labute approximate surface area is 102 Å². The predicted octanol–water partition coefficient (Wildman–Crippen LogP) is 3.84. The molecule has 2 nitrogen and oxygen atoms in total. The summed E-state index contributed by atoms with van der Waals surface area (Å²) in [5, 5.41) is 9.19. The highest BCUT2D eigenvalue weighted by atomic mass is 35.5. The number of halogens is 2. The maximum absolute atomic E-state index is 13.6. The van der Waals surface area contributed by atoms with Crippen molar-refractivity contribution in [3.8, 4) is 11.1 Å². The molecule has 0 saturated heterocycles. The number of hydrogen-bond donors (Lipinski definition) is 1. The van der Waals surface area contributed by atoms with E-state index in [1.54, 1.807) is 18.2 Å². The van der Waals surface area contributed by atoms with Crippen LogP contribution in [0.1, 0.15) is 10.4 Å². The van der Waals surface area contributed by atoms with Crippen molar-refractivity contribution in [1.82, 2.24) is 0 Å². The van der Waals surface area contributed by atoms with Gasteiger partial charge in [0.1, 0.15) is 5.82 Å². The van der Waals surface area contributed by atoms with Crippen molar-refractivity contribution in [2.24, 2.45) is 0 Å². The van der Waals surface area contributed by atoms with Crippen LogP contribution in [0.4, 0.5) is 4.39 Å². The third kappa shape index (κ3) is 2.15. The fourth-order valence-electron chi connectivity index (χ4n) is 1.65.